The highest BCUT2D eigenvalue weighted by atomic mass is 16.5. The monoisotopic (exact) mass is 190 g/mol. The van der Waals surface area contributed by atoms with Gasteiger partial charge in [0.25, 0.3) is 0 Å². The lowest BCUT2D eigenvalue weighted by Crippen LogP contribution is -1.80. The molecule has 0 aliphatic rings. The molecule has 0 spiro atoms. The first kappa shape index (κ1) is 8.62. The zero-order chi connectivity index (χ0) is 10.1. The van der Waals surface area contributed by atoms with Gasteiger partial charge < -0.3 is 15.4 Å². The second kappa shape index (κ2) is 3.06. The second-order valence-corrected chi connectivity index (χ2v) is 3.14. The Morgan fingerprint density at radius 1 is 1.36 bits per heavy atom. The number of aryl methyl sites for hydroxylation is 1. The fourth-order valence-electron chi connectivity index (χ4n) is 1.27. The minimum absolute atomic E-state index is 0.168. The Bertz CT molecular complexity index is 463. The molecule has 0 fully saturated rings. The number of rotatable bonds is 1. The van der Waals surface area contributed by atoms with Gasteiger partial charge in [-0.25, -0.2) is 0 Å². The normalized spacial score (nSPS) is 10.4. The van der Waals surface area contributed by atoms with Crippen LogP contribution in [0.15, 0.2) is 28.8 Å². The quantitative estimate of drug-likeness (QED) is 0.720. The fourth-order valence-corrected chi connectivity index (χ4v) is 1.27. The molecule has 2 aromatic rings. The van der Waals surface area contributed by atoms with Crippen molar-refractivity contribution >= 4 is 5.82 Å². The average Bonchev–Trinajstić information content (AvgIpc) is 2.51. The van der Waals surface area contributed by atoms with E-state index in [9.17, 15) is 5.11 Å². The molecular weight excluding hydrogens is 180 g/mol. The van der Waals surface area contributed by atoms with Gasteiger partial charge in [0.1, 0.15) is 5.75 Å². The maximum Gasteiger partial charge on any atom is 0.172 e. The van der Waals surface area contributed by atoms with Gasteiger partial charge in [0.15, 0.2) is 11.6 Å². The van der Waals surface area contributed by atoms with Crippen LogP contribution in [0.1, 0.15) is 5.56 Å². The first-order valence-corrected chi connectivity index (χ1v) is 4.19. The van der Waals surface area contributed by atoms with Crippen molar-refractivity contribution < 1.29 is 9.63 Å². The van der Waals surface area contributed by atoms with E-state index in [2.05, 4.69) is 5.16 Å². The molecule has 0 aliphatic heterocycles. The first-order valence-electron chi connectivity index (χ1n) is 4.19. The minimum Gasteiger partial charge on any atom is -0.507 e. The number of nitrogens with zero attached hydrogens (tertiary/aromatic N) is 1. The van der Waals surface area contributed by atoms with Gasteiger partial charge in [0.2, 0.25) is 0 Å². The zero-order valence-electron chi connectivity index (χ0n) is 7.69. The summed E-state index contributed by atoms with van der Waals surface area (Å²) in [6, 6.07) is 6.89. The predicted molar refractivity (Wildman–Crippen MR) is 52.8 cm³/mol. The molecule has 1 aromatic heterocycles. The lowest BCUT2D eigenvalue weighted by molar-refractivity contribution is 0.429. The molecule has 0 atom stereocenters. The third kappa shape index (κ3) is 1.42. The molecule has 4 heteroatoms. The molecule has 0 amide bonds. The van der Waals surface area contributed by atoms with E-state index < -0.39 is 0 Å². The van der Waals surface area contributed by atoms with Gasteiger partial charge in [-0.2, -0.15) is 0 Å². The summed E-state index contributed by atoms with van der Waals surface area (Å²) in [5.74, 6) is 0.945. The van der Waals surface area contributed by atoms with Crippen LogP contribution >= 0.6 is 0 Å². The standard InChI is InChI=1S/C10H10N2O2/c1-6-2-3-7(8(13)4-6)9-5-10(11)12-14-9/h2-5,13H,1H3,(H2,11,12). The number of phenols is 1. The SMILES string of the molecule is Cc1ccc(-c2cc(N)no2)c(O)c1. The Kier molecular flexibility index (Phi) is 1.89. The third-order valence-electron chi connectivity index (χ3n) is 1.95. The van der Waals surface area contributed by atoms with Crippen LogP contribution in [0.25, 0.3) is 11.3 Å². The first-order chi connectivity index (χ1) is 6.66. The number of nitrogens with two attached hydrogens (primary N) is 1. The molecule has 1 aromatic carbocycles. The Balaban J connectivity index is 2.52. The number of aromatic nitrogens is 1. The summed E-state index contributed by atoms with van der Waals surface area (Å²) >= 11 is 0. The maximum absolute atomic E-state index is 9.63. The number of phenolic OH excluding ortho intramolecular Hbond substituents is 1. The average molecular weight is 190 g/mol. The van der Waals surface area contributed by atoms with Crippen LogP contribution < -0.4 is 5.73 Å². The van der Waals surface area contributed by atoms with E-state index >= 15 is 0 Å². The van der Waals surface area contributed by atoms with Crippen molar-refractivity contribution in [2.24, 2.45) is 0 Å². The van der Waals surface area contributed by atoms with Crippen molar-refractivity contribution in [1.82, 2.24) is 5.16 Å². The van der Waals surface area contributed by atoms with Gasteiger partial charge in [0.05, 0.1) is 5.56 Å². The van der Waals surface area contributed by atoms with E-state index in [4.69, 9.17) is 10.3 Å². The van der Waals surface area contributed by atoms with Gasteiger partial charge in [0, 0.05) is 6.07 Å². The number of anilines is 1. The minimum atomic E-state index is 0.168. The largest absolute Gasteiger partial charge is 0.507 e. The molecule has 4 nitrogen and oxygen atoms in total. The molecule has 0 bridgehead atoms. The van der Waals surface area contributed by atoms with Crippen LogP contribution in [0.5, 0.6) is 5.75 Å². The smallest absolute Gasteiger partial charge is 0.172 e. The van der Waals surface area contributed by atoms with Crippen LogP contribution in [0, 0.1) is 6.92 Å². The Morgan fingerprint density at radius 3 is 2.71 bits per heavy atom. The van der Waals surface area contributed by atoms with Crippen LogP contribution in [0.3, 0.4) is 0 Å². The van der Waals surface area contributed by atoms with Crippen LogP contribution in [0.4, 0.5) is 5.82 Å². The molecule has 0 unspecified atom stereocenters. The van der Waals surface area contributed by atoms with Crippen molar-refractivity contribution in [2.45, 2.75) is 6.92 Å². The highest BCUT2D eigenvalue weighted by molar-refractivity contribution is 5.67. The van der Waals surface area contributed by atoms with Crippen LogP contribution in [0.2, 0.25) is 0 Å². The zero-order valence-corrected chi connectivity index (χ0v) is 7.69. The van der Waals surface area contributed by atoms with Crippen molar-refractivity contribution in [3.63, 3.8) is 0 Å². The van der Waals surface area contributed by atoms with Crippen LogP contribution in [-0.2, 0) is 0 Å². The Labute approximate surface area is 81.0 Å². The second-order valence-electron chi connectivity index (χ2n) is 3.14. The number of hydrogen-bond donors (Lipinski definition) is 2. The van der Waals surface area contributed by atoms with E-state index in [1.165, 1.54) is 0 Å². The van der Waals surface area contributed by atoms with E-state index in [0.29, 0.717) is 17.1 Å². The molecule has 0 aliphatic carbocycles. The van der Waals surface area contributed by atoms with Crippen molar-refractivity contribution in [2.75, 3.05) is 5.73 Å². The van der Waals surface area contributed by atoms with E-state index in [-0.39, 0.29) is 5.75 Å². The summed E-state index contributed by atoms with van der Waals surface area (Å²) in [7, 11) is 0. The van der Waals surface area contributed by atoms with E-state index in [0.717, 1.165) is 5.56 Å². The molecule has 2 rings (SSSR count). The molecule has 0 saturated heterocycles. The molecule has 0 radical (unpaired) electrons. The Hall–Kier alpha value is -1.97. The number of benzene rings is 1. The number of aromatic hydroxyl groups is 1. The summed E-state index contributed by atoms with van der Waals surface area (Å²) < 4.78 is 4.94. The molecule has 72 valence electrons. The fraction of sp³-hybridized carbons (Fsp3) is 0.100. The van der Waals surface area contributed by atoms with Crippen molar-refractivity contribution in [3.05, 3.63) is 29.8 Å². The molecule has 3 N–H and O–H groups in total. The summed E-state index contributed by atoms with van der Waals surface area (Å²) in [6.07, 6.45) is 0. The molecule has 0 saturated carbocycles. The summed E-state index contributed by atoms with van der Waals surface area (Å²) in [5, 5.41) is 13.2. The van der Waals surface area contributed by atoms with Crippen molar-refractivity contribution in [3.8, 4) is 17.1 Å². The van der Waals surface area contributed by atoms with Gasteiger partial charge >= 0.3 is 0 Å². The van der Waals surface area contributed by atoms with Gasteiger partial charge in [-0.05, 0) is 24.6 Å². The maximum atomic E-state index is 9.63. The highest BCUT2D eigenvalue weighted by Crippen LogP contribution is 2.30. The van der Waals surface area contributed by atoms with Crippen LogP contribution in [-0.4, -0.2) is 10.3 Å². The number of nitrogen functional groups attached to an aromatic ring is 1. The summed E-state index contributed by atoms with van der Waals surface area (Å²) in [6.45, 7) is 1.90. The van der Waals surface area contributed by atoms with Crippen molar-refractivity contribution in [1.29, 1.82) is 0 Å². The van der Waals surface area contributed by atoms with Gasteiger partial charge in [-0.3, -0.25) is 0 Å². The van der Waals surface area contributed by atoms with E-state index in [1.807, 2.05) is 13.0 Å². The third-order valence-corrected chi connectivity index (χ3v) is 1.95. The topological polar surface area (TPSA) is 72.3 Å². The summed E-state index contributed by atoms with van der Waals surface area (Å²) in [5.41, 5.74) is 6.99. The highest BCUT2D eigenvalue weighted by Gasteiger charge is 2.09. The van der Waals surface area contributed by atoms with Gasteiger partial charge in [-0.1, -0.05) is 11.2 Å². The molecular formula is C10H10N2O2. The lowest BCUT2D eigenvalue weighted by atomic mass is 10.1. The lowest BCUT2D eigenvalue weighted by Gasteiger charge is -2.00. The molecule has 1 heterocycles. The summed E-state index contributed by atoms with van der Waals surface area (Å²) in [4.78, 5) is 0. The van der Waals surface area contributed by atoms with E-state index in [1.54, 1.807) is 18.2 Å². The predicted octanol–water partition coefficient (Wildman–Crippen LogP) is 1.94. The van der Waals surface area contributed by atoms with Gasteiger partial charge in [-0.15, -0.1) is 0 Å². The molecule has 14 heavy (non-hydrogen) atoms. The Morgan fingerprint density at radius 2 is 2.14 bits per heavy atom. The number of hydrogen-bond acceptors (Lipinski definition) is 4.